The molecule has 2 aromatic rings. The molecule has 0 bridgehead atoms. The van der Waals surface area contributed by atoms with Crippen LogP contribution in [0.1, 0.15) is 42.1 Å². The molecule has 3 saturated heterocycles. The van der Waals surface area contributed by atoms with Crippen molar-refractivity contribution >= 4 is 46.8 Å². The molecule has 0 saturated carbocycles. The maximum Gasteiger partial charge on any atom is 0.414 e. The zero-order valence-corrected chi connectivity index (χ0v) is 26.6. The topological polar surface area (TPSA) is 82.6 Å². The zero-order valence-electron chi connectivity index (χ0n) is 25.1. The summed E-state index contributed by atoms with van der Waals surface area (Å²) in [6, 6.07) is 10.8. The van der Waals surface area contributed by atoms with Crippen LogP contribution in [-0.4, -0.2) is 98.2 Å². The van der Waals surface area contributed by atoms with E-state index in [1.807, 2.05) is 30.0 Å². The van der Waals surface area contributed by atoms with Crippen molar-refractivity contribution in [2.45, 2.75) is 39.2 Å². The van der Waals surface area contributed by atoms with Crippen LogP contribution in [0.3, 0.4) is 0 Å². The van der Waals surface area contributed by atoms with Crippen LogP contribution in [0.2, 0.25) is 10.0 Å². The Morgan fingerprint density at radius 2 is 1.65 bits per heavy atom. The minimum atomic E-state index is -0.383. The number of rotatable bonds is 8. The van der Waals surface area contributed by atoms with Gasteiger partial charge in [0.15, 0.2) is 0 Å². The van der Waals surface area contributed by atoms with E-state index in [1.165, 1.54) is 0 Å². The van der Waals surface area contributed by atoms with Crippen LogP contribution in [0.5, 0.6) is 5.75 Å². The predicted octanol–water partition coefficient (Wildman–Crippen LogP) is 5.36. The third-order valence-corrected chi connectivity index (χ3v) is 9.58. The molecule has 0 radical (unpaired) electrons. The normalized spacial score (nSPS) is 20.7. The summed E-state index contributed by atoms with van der Waals surface area (Å²) in [5, 5.41) is 1.14. The number of hydrogen-bond donors (Lipinski definition) is 0. The van der Waals surface area contributed by atoms with Gasteiger partial charge in [-0.3, -0.25) is 14.5 Å². The summed E-state index contributed by atoms with van der Waals surface area (Å²) >= 11 is 12.5. The first-order valence-electron chi connectivity index (χ1n) is 15.0. The van der Waals surface area contributed by atoms with E-state index in [9.17, 15) is 14.4 Å². The van der Waals surface area contributed by atoms with Crippen LogP contribution in [0.4, 0.5) is 10.5 Å². The Labute approximate surface area is 263 Å². The van der Waals surface area contributed by atoms with Gasteiger partial charge in [0.2, 0.25) is 5.91 Å². The number of hydrogen-bond acceptors (Lipinski definition) is 6. The monoisotopic (exact) mass is 630 g/mol. The van der Waals surface area contributed by atoms with Gasteiger partial charge >= 0.3 is 6.09 Å². The Kier molecular flexibility index (Phi) is 10.0. The molecule has 3 amide bonds. The fourth-order valence-corrected chi connectivity index (χ4v) is 6.81. The van der Waals surface area contributed by atoms with Gasteiger partial charge in [0.25, 0.3) is 5.91 Å². The molecular formula is C32H40Cl2N4O5. The van der Waals surface area contributed by atoms with Crippen LogP contribution in [0.25, 0.3) is 0 Å². The number of benzene rings is 2. The van der Waals surface area contributed by atoms with Crippen molar-refractivity contribution in [2.75, 3.05) is 64.4 Å². The number of piperidine rings is 1. The van der Waals surface area contributed by atoms with E-state index >= 15 is 0 Å². The van der Waals surface area contributed by atoms with Gasteiger partial charge in [0.05, 0.1) is 12.7 Å². The lowest BCUT2D eigenvalue weighted by Gasteiger charge is -2.32. The highest BCUT2D eigenvalue weighted by molar-refractivity contribution is 6.31. The van der Waals surface area contributed by atoms with Gasteiger partial charge in [-0.05, 0) is 67.6 Å². The molecule has 0 aromatic heterocycles. The number of amides is 3. The highest BCUT2D eigenvalue weighted by Gasteiger charge is 2.42. The molecule has 2 unspecified atom stereocenters. The van der Waals surface area contributed by atoms with Crippen LogP contribution in [0.15, 0.2) is 36.4 Å². The minimum absolute atomic E-state index is 0.0210. The molecule has 0 spiro atoms. The second kappa shape index (κ2) is 13.7. The molecule has 3 fully saturated rings. The maximum absolute atomic E-state index is 13.4. The third-order valence-electron chi connectivity index (χ3n) is 8.94. The summed E-state index contributed by atoms with van der Waals surface area (Å²) in [5.41, 5.74) is 2.20. The van der Waals surface area contributed by atoms with Crippen LogP contribution < -0.4 is 9.64 Å². The summed E-state index contributed by atoms with van der Waals surface area (Å²) in [7, 11) is 1.55. The Balaban J connectivity index is 1.15. The average molecular weight is 632 g/mol. The number of carbonyl (C=O) groups is 3. The molecule has 2 atom stereocenters. The van der Waals surface area contributed by atoms with Gasteiger partial charge in [0, 0.05) is 81.3 Å². The van der Waals surface area contributed by atoms with Crippen molar-refractivity contribution in [3.63, 3.8) is 0 Å². The summed E-state index contributed by atoms with van der Waals surface area (Å²) in [6.45, 7) is 9.30. The number of fused-ring (bicyclic) bond motifs is 1. The largest absolute Gasteiger partial charge is 0.496 e. The van der Waals surface area contributed by atoms with E-state index in [1.54, 1.807) is 42.0 Å². The molecule has 11 heteroatoms. The lowest BCUT2D eigenvalue weighted by molar-refractivity contribution is -0.130. The molecule has 5 rings (SSSR count). The molecule has 3 aliphatic heterocycles. The van der Waals surface area contributed by atoms with Crippen molar-refractivity contribution in [1.82, 2.24) is 14.7 Å². The van der Waals surface area contributed by atoms with Crippen molar-refractivity contribution in [1.29, 1.82) is 0 Å². The third kappa shape index (κ3) is 7.39. The van der Waals surface area contributed by atoms with Crippen LogP contribution in [-0.2, 0) is 9.53 Å². The predicted molar refractivity (Wildman–Crippen MR) is 167 cm³/mol. The molecule has 0 N–H and O–H groups in total. The van der Waals surface area contributed by atoms with Gasteiger partial charge in [-0.25, -0.2) is 4.79 Å². The Morgan fingerprint density at radius 3 is 2.28 bits per heavy atom. The maximum atomic E-state index is 13.4. The average Bonchev–Trinajstić information content (AvgIpc) is 3.56. The molecule has 3 aliphatic rings. The van der Waals surface area contributed by atoms with E-state index in [4.69, 9.17) is 32.7 Å². The summed E-state index contributed by atoms with van der Waals surface area (Å²) in [6.07, 6.45) is 1.44. The SMILES string of the molecule is COc1cc(Cl)ccc1C(=O)N1CC2CN(CCCN(C(=O)OC3CCN(C(C)=O)CC3)c3ccc(C)c(Cl)c3)CC2C1. The number of ether oxygens (including phenoxy) is 2. The summed E-state index contributed by atoms with van der Waals surface area (Å²) in [5.74, 6) is 1.36. The summed E-state index contributed by atoms with van der Waals surface area (Å²) in [4.78, 5) is 46.2. The van der Waals surface area contributed by atoms with Gasteiger partial charge in [0.1, 0.15) is 11.9 Å². The number of carbonyl (C=O) groups excluding carboxylic acids is 3. The fourth-order valence-electron chi connectivity index (χ4n) is 6.47. The van der Waals surface area contributed by atoms with E-state index in [-0.39, 0.29) is 24.0 Å². The standard InChI is InChI=1S/C32H40Cl2N4O5/c1-21-5-7-26(16-29(21)34)38(32(41)43-27-9-13-36(14-10-27)22(2)39)12-4-11-35-17-23-19-37(20-24(23)18-35)31(40)28-8-6-25(33)15-30(28)42-3/h5-8,15-16,23-24,27H,4,9-14,17-20H2,1-3H3. The molecule has 232 valence electrons. The lowest BCUT2D eigenvalue weighted by atomic mass is 10.0. The van der Waals surface area contributed by atoms with Gasteiger partial charge in [-0.15, -0.1) is 0 Å². The number of methoxy groups -OCH3 is 1. The first kappa shape index (κ1) is 31.4. The second-order valence-electron chi connectivity index (χ2n) is 11.9. The molecule has 43 heavy (non-hydrogen) atoms. The Morgan fingerprint density at radius 1 is 0.953 bits per heavy atom. The summed E-state index contributed by atoms with van der Waals surface area (Å²) < 4.78 is 11.3. The first-order valence-corrected chi connectivity index (χ1v) is 15.7. The van der Waals surface area contributed by atoms with Crippen LogP contribution >= 0.6 is 23.2 Å². The number of aryl methyl sites for hydroxylation is 1. The van der Waals surface area contributed by atoms with Crippen molar-refractivity contribution in [3.8, 4) is 5.75 Å². The molecule has 3 heterocycles. The fraction of sp³-hybridized carbons (Fsp3) is 0.531. The van der Waals surface area contributed by atoms with Crippen LogP contribution in [0, 0.1) is 18.8 Å². The minimum Gasteiger partial charge on any atom is -0.496 e. The Bertz CT molecular complexity index is 1340. The Hall–Kier alpha value is -3.01. The number of anilines is 1. The molecule has 0 aliphatic carbocycles. The highest BCUT2D eigenvalue weighted by atomic mass is 35.5. The second-order valence-corrected chi connectivity index (χ2v) is 12.7. The number of likely N-dealkylation sites (tertiary alicyclic amines) is 3. The lowest BCUT2D eigenvalue weighted by Crippen LogP contribution is -2.43. The first-order chi connectivity index (χ1) is 20.6. The molecule has 2 aromatic carbocycles. The van der Waals surface area contributed by atoms with E-state index in [0.717, 1.165) is 31.6 Å². The van der Waals surface area contributed by atoms with Gasteiger partial charge in [-0.2, -0.15) is 0 Å². The van der Waals surface area contributed by atoms with Crippen molar-refractivity contribution in [2.24, 2.45) is 11.8 Å². The van der Waals surface area contributed by atoms with Gasteiger partial charge in [-0.1, -0.05) is 29.3 Å². The number of nitrogens with zero attached hydrogens (tertiary/aromatic N) is 4. The molecule has 9 nitrogen and oxygen atoms in total. The van der Waals surface area contributed by atoms with Crippen molar-refractivity contribution in [3.05, 3.63) is 57.6 Å². The van der Waals surface area contributed by atoms with E-state index in [0.29, 0.717) is 84.4 Å². The quantitative estimate of drug-likeness (QED) is 0.391. The highest BCUT2D eigenvalue weighted by Crippen LogP contribution is 2.34. The van der Waals surface area contributed by atoms with E-state index in [2.05, 4.69) is 4.90 Å². The number of halogens is 2. The molecular weight excluding hydrogens is 591 g/mol. The van der Waals surface area contributed by atoms with Crippen molar-refractivity contribution < 1.29 is 23.9 Å². The zero-order chi connectivity index (χ0) is 30.7. The van der Waals surface area contributed by atoms with E-state index < -0.39 is 0 Å². The smallest absolute Gasteiger partial charge is 0.414 e. The van der Waals surface area contributed by atoms with Gasteiger partial charge < -0.3 is 24.2 Å².